The van der Waals surface area contributed by atoms with Crippen LogP contribution in [0.4, 0.5) is 0 Å². The van der Waals surface area contributed by atoms with Crippen molar-refractivity contribution in [1.82, 2.24) is 9.61 Å². The molecule has 88 valence electrons. The van der Waals surface area contributed by atoms with E-state index in [0.717, 1.165) is 5.56 Å². The lowest BCUT2D eigenvalue weighted by Gasteiger charge is -2.02. The van der Waals surface area contributed by atoms with Gasteiger partial charge in [0.25, 0.3) is 0 Å². The van der Waals surface area contributed by atoms with Gasteiger partial charge in [-0.15, -0.1) is 6.58 Å². The Morgan fingerprint density at radius 2 is 2.41 bits per heavy atom. The fourth-order valence-electron chi connectivity index (χ4n) is 1.54. The Hall–Kier alpha value is -2.14. The minimum Gasteiger partial charge on any atom is -0.478 e. The van der Waals surface area contributed by atoms with Gasteiger partial charge < -0.3 is 9.84 Å². The molecule has 0 aliphatic rings. The van der Waals surface area contributed by atoms with E-state index in [9.17, 15) is 4.79 Å². The average molecular weight is 232 g/mol. The predicted molar refractivity (Wildman–Crippen MR) is 62.0 cm³/mol. The van der Waals surface area contributed by atoms with Gasteiger partial charge in [0, 0.05) is 6.20 Å². The molecule has 0 aliphatic heterocycles. The first-order valence-electron chi connectivity index (χ1n) is 5.10. The van der Waals surface area contributed by atoms with Crippen LogP contribution >= 0.6 is 0 Å². The monoisotopic (exact) mass is 232 g/mol. The van der Waals surface area contributed by atoms with E-state index in [1.54, 1.807) is 18.3 Å². The molecule has 0 saturated heterocycles. The Bertz CT molecular complexity index is 560. The summed E-state index contributed by atoms with van der Waals surface area (Å²) in [5.74, 6) is -0.976. The van der Waals surface area contributed by atoms with Crippen molar-refractivity contribution in [2.24, 2.45) is 0 Å². The van der Waals surface area contributed by atoms with E-state index < -0.39 is 5.97 Å². The number of ether oxygens (including phenoxy) is 1. The molecular weight excluding hydrogens is 220 g/mol. The highest BCUT2D eigenvalue weighted by Gasteiger charge is 2.10. The van der Waals surface area contributed by atoms with Crippen LogP contribution in [-0.2, 0) is 11.3 Å². The number of carboxylic acid groups (broad SMARTS) is 1. The third kappa shape index (κ3) is 2.34. The van der Waals surface area contributed by atoms with E-state index in [1.165, 1.54) is 10.7 Å². The molecule has 1 N–H and O–H groups in total. The highest BCUT2D eigenvalue weighted by atomic mass is 16.5. The van der Waals surface area contributed by atoms with Crippen LogP contribution < -0.4 is 0 Å². The van der Waals surface area contributed by atoms with Crippen molar-refractivity contribution < 1.29 is 14.6 Å². The quantitative estimate of drug-likeness (QED) is 0.630. The fourth-order valence-corrected chi connectivity index (χ4v) is 1.54. The van der Waals surface area contributed by atoms with E-state index in [-0.39, 0.29) is 5.56 Å². The summed E-state index contributed by atoms with van der Waals surface area (Å²) in [6.07, 6.45) is 4.77. The molecule has 0 atom stereocenters. The molecule has 2 aromatic rings. The van der Waals surface area contributed by atoms with Gasteiger partial charge in [0.1, 0.15) is 5.56 Å². The van der Waals surface area contributed by atoms with E-state index in [1.807, 2.05) is 6.07 Å². The van der Waals surface area contributed by atoms with Crippen LogP contribution in [0.25, 0.3) is 5.52 Å². The summed E-state index contributed by atoms with van der Waals surface area (Å²) in [6.45, 7) is 4.49. The highest BCUT2D eigenvalue weighted by molar-refractivity contribution is 5.95. The van der Waals surface area contributed by atoms with E-state index in [4.69, 9.17) is 9.84 Å². The van der Waals surface area contributed by atoms with Crippen molar-refractivity contribution in [3.05, 3.63) is 48.3 Å². The molecule has 0 bridgehead atoms. The molecule has 0 fully saturated rings. The Balaban J connectivity index is 2.26. The second kappa shape index (κ2) is 4.80. The fraction of sp³-hybridized carbons (Fsp3) is 0.167. The Labute approximate surface area is 97.9 Å². The smallest absolute Gasteiger partial charge is 0.339 e. The molecule has 5 heteroatoms. The summed E-state index contributed by atoms with van der Waals surface area (Å²) in [7, 11) is 0. The maximum absolute atomic E-state index is 10.9. The van der Waals surface area contributed by atoms with Gasteiger partial charge in [-0.05, 0) is 11.6 Å². The molecule has 0 aromatic carbocycles. The zero-order valence-corrected chi connectivity index (χ0v) is 9.17. The minimum atomic E-state index is -0.976. The highest BCUT2D eigenvalue weighted by Crippen LogP contribution is 2.12. The van der Waals surface area contributed by atoms with E-state index in [2.05, 4.69) is 11.7 Å². The predicted octanol–water partition coefficient (Wildman–Crippen LogP) is 1.74. The number of pyridine rings is 1. The molecule has 0 radical (unpaired) electrons. The maximum atomic E-state index is 10.9. The second-order valence-electron chi connectivity index (χ2n) is 3.53. The van der Waals surface area contributed by atoms with Gasteiger partial charge >= 0.3 is 5.97 Å². The van der Waals surface area contributed by atoms with Crippen LogP contribution in [0, 0.1) is 0 Å². The molecule has 5 nitrogen and oxygen atoms in total. The van der Waals surface area contributed by atoms with Gasteiger partial charge in [-0.1, -0.05) is 12.1 Å². The second-order valence-corrected chi connectivity index (χ2v) is 3.53. The van der Waals surface area contributed by atoms with Crippen molar-refractivity contribution in [2.45, 2.75) is 6.61 Å². The molecule has 0 spiro atoms. The third-order valence-electron chi connectivity index (χ3n) is 2.31. The topological polar surface area (TPSA) is 63.8 Å². The molecule has 0 amide bonds. The molecular formula is C12H12N2O3. The summed E-state index contributed by atoms with van der Waals surface area (Å²) >= 11 is 0. The molecule has 0 aliphatic carbocycles. The standard InChI is InChI=1S/C12H12N2O3/c1-2-5-17-8-9-3-4-11-10(12(15)16)6-13-14(11)7-9/h2-4,6-7H,1,5,8H2,(H,15,16). The maximum Gasteiger partial charge on any atom is 0.339 e. The van der Waals surface area contributed by atoms with Crippen molar-refractivity contribution in [2.75, 3.05) is 6.61 Å². The Morgan fingerprint density at radius 1 is 1.59 bits per heavy atom. The first-order chi connectivity index (χ1) is 8.22. The number of carbonyl (C=O) groups is 1. The van der Waals surface area contributed by atoms with Crippen molar-refractivity contribution in [3.8, 4) is 0 Å². The molecule has 2 rings (SSSR count). The Kier molecular flexibility index (Phi) is 3.20. The van der Waals surface area contributed by atoms with Crippen molar-refractivity contribution in [1.29, 1.82) is 0 Å². The minimum absolute atomic E-state index is 0.198. The normalized spacial score (nSPS) is 10.6. The van der Waals surface area contributed by atoms with Gasteiger partial charge in [-0.3, -0.25) is 0 Å². The van der Waals surface area contributed by atoms with Crippen LogP contribution in [0.3, 0.4) is 0 Å². The molecule has 2 heterocycles. The van der Waals surface area contributed by atoms with Crippen molar-refractivity contribution in [3.63, 3.8) is 0 Å². The summed E-state index contributed by atoms with van der Waals surface area (Å²) < 4.78 is 6.83. The summed E-state index contributed by atoms with van der Waals surface area (Å²) in [6, 6.07) is 3.55. The largest absolute Gasteiger partial charge is 0.478 e. The lowest BCUT2D eigenvalue weighted by Crippen LogP contribution is -1.98. The molecule has 0 saturated carbocycles. The first kappa shape index (κ1) is 11.3. The van der Waals surface area contributed by atoms with Crippen LogP contribution in [-0.4, -0.2) is 27.3 Å². The van der Waals surface area contributed by atoms with Crippen LogP contribution in [0.5, 0.6) is 0 Å². The number of fused-ring (bicyclic) bond motifs is 1. The number of hydrogen-bond acceptors (Lipinski definition) is 3. The van der Waals surface area contributed by atoms with Crippen LogP contribution in [0.1, 0.15) is 15.9 Å². The average Bonchev–Trinajstić information content (AvgIpc) is 2.72. The number of nitrogens with zero attached hydrogens (tertiary/aromatic N) is 2. The molecule has 0 unspecified atom stereocenters. The van der Waals surface area contributed by atoms with Gasteiger partial charge in [-0.25, -0.2) is 9.31 Å². The third-order valence-corrected chi connectivity index (χ3v) is 2.31. The van der Waals surface area contributed by atoms with E-state index >= 15 is 0 Å². The molecule has 2 aromatic heterocycles. The summed E-state index contributed by atoms with van der Waals surface area (Å²) in [5, 5.41) is 12.9. The summed E-state index contributed by atoms with van der Waals surface area (Å²) in [5.41, 5.74) is 1.70. The molecule has 17 heavy (non-hydrogen) atoms. The van der Waals surface area contributed by atoms with Crippen molar-refractivity contribution >= 4 is 11.5 Å². The van der Waals surface area contributed by atoms with E-state index in [0.29, 0.717) is 18.7 Å². The van der Waals surface area contributed by atoms with Gasteiger partial charge in [0.2, 0.25) is 0 Å². The number of hydrogen-bond donors (Lipinski definition) is 1. The zero-order chi connectivity index (χ0) is 12.3. The van der Waals surface area contributed by atoms with Gasteiger partial charge in [0.15, 0.2) is 0 Å². The number of aromatic nitrogens is 2. The lowest BCUT2D eigenvalue weighted by atomic mass is 10.2. The van der Waals surface area contributed by atoms with Crippen LogP contribution in [0.15, 0.2) is 37.2 Å². The SMILES string of the molecule is C=CCOCc1ccc2c(C(=O)O)cnn2c1. The lowest BCUT2D eigenvalue weighted by molar-refractivity contribution is 0.0699. The Morgan fingerprint density at radius 3 is 3.12 bits per heavy atom. The zero-order valence-electron chi connectivity index (χ0n) is 9.17. The summed E-state index contributed by atoms with van der Waals surface area (Å²) in [4.78, 5) is 10.9. The van der Waals surface area contributed by atoms with Gasteiger partial charge in [-0.2, -0.15) is 5.10 Å². The number of carboxylic acids is 1. The van der Waals surface area contributed by atoms with Gasteiger partial charge in [0.05, 0.1) is 24.9 Å². The number of aromatic carboxylic acids is 1. The number of rotatable bonds is 5. The van der Waals surface area contributed by atoms with Crippen LogP contribution in [0.2, 0.25) is 0 Å². The first-order valence-corrected chi connectivity index (χ1v) is 5.10.